The number of para-hydroxylation sites is 1. The van der Waals surface area contributed by atoms with E-state index in [1.807, 2.05) is 54.6 Å². The van der Waals surface area contributed by atoms with E-state index in [0.29, 0.717) is 30.7 Å². The van der Waals surface area contributed by atoms with Gasteiger partial charge in [-0.2, -0.15) is 0 Å². The van der Waals surface area contributed by atoms with Crippen LogP contribution in [0.25, 0.3) is 11.1 Å². The summed E-state index contributed by atoms with van der Waals surface area (Å²) in [5.74, 6) is -2.64. The Labute approximate surface area is 298 Å². The summed E-state index contributed by atoms with van der Waals surface area (Å²) >= 11 is 0. The van der Waals surface area contributed by atoms with E-state index in [4.69, 9.17) is 9.47 Å². The fraction of sp³-hybridized carbons (Fsp3) is 0.513. The van der Waals surface area contributed by atoms with Crippen molar-refractivity contribution in [1.82, 2.24) is 20.4 Å². The van der Waals surface area contributed by atoms with Crippen molar-refractivity contribution in [3.63, 3.8) is 0 Å². The van der Waals surface area contributed by atoms with Gasteiger partial charge in [0.2, 0.25) is 11.8 Å². The fourth-order valence-corrected chi connectivity index (χ4v) is 7.87. The number of methoxy groups -OCH3 is 1. The van der Waals surface area contributed by atoms with Crippen molar-refractivity contribution < 1.29 is 38.6 Å². The molecular weight excluding hydrogens is 652 g/mol. The third kappa shape index (κ3) is 7.60. The molecular formula is C39H48N4O8. The Morgan fingerprint density at radius 3 is 2.53 bits per heavy atom. The number of allylic oxidation sites excluding steroid dienone is 1. The first-order valence-corrected chi connectivity index (χ1v) is 17.9. The molecule has 6 atom stereocenters. The standard InChI is InChI=1S/C39H48N4O8/c1-38(2,3)51-37(49)40-30-17-9-7-5-6-8-15-27-20-39(27,36(47)48)41-33(44)32-29-23-42(21-26(29)22-43(32)35(30)46)34(45)25-14-12-13-24(19-25)28-16-10-11-18-31(28)50-4/h8,10-16,18-19,26-27,29-30,32H,5-7,9,17,20-23H2,1-4H3,(H,40,49)(H,41,44)(H,47,48)/b15-8-/t26-,27-,29-,30+,32-,39+/m0/s1. The van der Waals surface area contributed by atoms with Gasteiger partial charge in [0, 0.05) is 48.5 Å². The number of carboxylic acids is 1. The van der Waals surface area contributed by atoms with Gasteiger partial charge in [-0.3, -0.25) is 14.4 Å². The number of carbonyl (C=O) groups excluding carboxylic acids is 4. The highest BCUT2D eigenvalue weighted by molar-refractivity contribution is 5.98. The second-order valence-electron chi connectivity index (χ2n) is 15.2. The normalized spacial score (nSPS) is 28.6. The molecule has 272 valence electrons. The molecule has 1 aliphatic carbocycles. The molecule has 12 heteroatoms. The van der Waals surface area contributed by atoms with Crippen molar-refractivity contribution in [2.24, 2.45) is 17.8 Å². The molecule has 0 aromatic heterocycles. The third-order valence-corrected chi connectivity index (χ3v) is 10.5. The Kier molecular flexibility index (Phi) is 10.1. The lowest BCUT2D eigenvalue weighted by Crippen LogP contribution is -2.58. The van der Waals surface area contributed by atoms with Crippen LogP contribution in [0.3, 0.4) is 0 Å². The Hall–Kier alpha value is -4.87. The van der Waals surface area contributed by atoms with E-state index in [1.165, 1.54) is 4.90 Å². The second-order valence-corrected chi connectivity index (χ2v) is 15.2. The lowest BCUT2D eigenvalue weighted by molar-refractivity contribution is -0.146. The summed E-state index contributed by atoms with van der Waals surface area (Å²) in [4.78, 5) is 71.3. The molecule has 0 radical (unpaired) electrons. The van der Waals surface area contributed by atoms with Crippen molar-refractivity contribution in [3.8, 4) is 16.9 Å². The molecule has 12 nitrogen and oxygen atoms in total. The maximum atomic E-state index is 14.4. The molecule has 0 unspecified atom stereocenters. The van der Waals surface area contributed by atoms with Gasteiger partial charge in [0.25, 0.3) is 5.91 Å². The van der Waals surface area contributed by atoms with Gasteiger partial charge >= 0.3 is 12.1 Å². The summed E-state index contributed by atoms with van der Waals surface area (Å²) in [6.45, 7) is 5.93. The minimum Gasteiger partial charge on any atom is -0.496 e. The van der Waals surface area contributed by atoms with Crippen molar-refractivity contribution in [2.45, 2.75) is 82.5 Å². The highest BCUT2D eigenvalue weighted by atomic mass is 16.6. The van der Waals surface area contributed by atoms with Gasteiger partial charge in [-0.25, -0.2) is 9.59 Å². The smallest absolute Gasteiger partial charge is 0.408 e. The highest BCUT2D eigenvalue weighted by Crippen LogP contribution is 2.46. The van der Waals surface area contributed by atoms with E-state index < -0.39 is 53.0 Å². The lowest BCUT2D eigenvalue weighted by atomic mass is 9.93. The van der Waals surface area contributed by atoms with Crippen LogP contribution in [0.5, 0.6) is 5.75 Å². The average molecular weight is 701 g/mol. The van der Waals surface area contributed by atoms with Crippen LogP contribution in [0, 0.1) is 17.8 Å². The van der Waals surface area contributed by atoms with Crippen molar-refractivity contribution in [2.75, 3.05) is 26.7 Å². The molecule has 4 amide bonds. The van der Waals surface area contributed by atoms with E-state index in [2.05, 4.69) is 10.6 Å². The van der Waals surface area contributed by atoms with Crippen LogP contribution >= 0.6 is 0 Å². The maximum absolute atomic E-state index is 14.4. The number of ether oxygens (including phenoxy) is 2. The quantitative estimate of drug-likeness (QED) is 0.382. The van der Waals surface area contributed by atoms with Crippen molar-refractivity contribution >= 4 is 29.8 Å². The van der Waals surface area contributed by atoms with E-state index in [1.54, 1.807) is 38.8 Å². The van der Waals surface area contributed by atoms with Gasteiger partial charge in [-0.05, 0) is 70.2 Å². The number of alkyl carbamates (subject to hydrolysis) is 1. The Balaban J connectivity index is 1.28. The van der Waals surface area contributed by atoms with E-state index in [9.17, 15) is 29.1 Å². The Bertz CT molecular complexity index is 1720. The highest BCUT2D eigenvalue weighted by Gasteiger charge is 2.62. The van der Waals surface area contributed by atoms with Crippen molar-refractivity contribution in [1.29, 1.82) is 0 Å². The zero-order chi connectivity index (χ0) is 36.5. The van der Waals surface area contributed by atoms with Gasteiger partial charge < -0.3 is 35.0 Å². The molecule has 51 heavy (non-hydrogen) atoms. The van der Waals surface area contributed by atoms with Crippen LogP contribution in [0.1, 0.15) is 69.7 Å². The zero-order valence-electron chi connectivity index (χ0n) is 29.7. The molecule has 0 bridgehead atoms. The molecule has 2 saturated heterocycles. The van der Waals surface area contributed by atoms with Crippen LogP contribution in [-0.4, -0.2) is 94.7 Å². The first-order valence-electron chi connectivity index (χ1n) is 17.9. The summed E-state index contributed by atoms with van der Waals surface area (Å²) < 4.78 is 11.0. The van der Waals surface area contributed by atoms with Gasteiger partial charge in [0.15, 0.2) is 0 Å². The van der Waals surface area contributed by atoms with Gasteiger partial charge in [-0.15, -0.1) is 0 Å². The average Bonchev–Trinajstić information content (AvgIpc) is 3.44. The lowest BCUT2D eigenvalue weighted by Gasteiger charge is -2.33. The van der Waals surface area contributed by atoms with Crippen LogP contribution in [0.2, 0.25) is 0 Å². The predicted octanol–water partition coefficient (Wildman–Crippen LogP) is 4.63. The predicted molar refractivity (Wildman–Crippen MR) is 189 cm³/mol. The van der Waals surface area contributed by atoms with Gasteiger partial charge in [-0.1, -0.05) is 55.3 Å². The zero-order valence-corrected chi connectivity index (χ0v) is 29.7. The molecule has 0 spiro atoms. The summed E-state index contributed by atoms with van der Waals surface area (Å²) in [6.07, 6.45) is 6.77. The van der Waals surface area contributed by atoms with Gasteiger partial charge in [0.05, 0.1) is 7.11 Å². The molecule has 3 N–H and O–H groups in total. The number of nitrogens with one attached hydrogen (secondary N) is 2. The van der Waals surface area contributed by atoms with Crippen molar-refractivity contribution in [3.05, 3.63) is 66.2 Å². The molecule has 3 aliphatic heterocycles. The van der Waals surface area contributed by atoms with E-state index in [0.717, 1.165) is 30.4 Å². The number of benzene rings is 2. The molecule has 2 aromatic carbocycles. The number of carbonyl (C=O) groups is 5. The number of aliphatic carboxylic acids is 1. The van der Waals surface area contributed by atoms with Crippen LogP contribution in [-0.2, 0) is 19.1 Å². The third-order valence-electron chi connectivity index (χ3n) is 10.5. The summed E-state index contributed by atoms with van der Waals surface area (Å²) in [6, 6.07) is 12.9. The number of hydrogen-bond donors (Lipinski definition) is 3. The van der Waals surface area contributed by atoms with E-state index in [-0.39, 0.29) is 37.3 Å². The summed E-state index contributed by atoms with van der Waals surface area (Å²) in [7, 11) is 1.60. The van der Waals surface area contributed by atoms with Crippen LogP contribution in [0.15, 0.2) is 60.7 Å². The molecule has 2 aromatic rings. The number of amides is 4. The van der Waals surface area contributed by atoms with E-state index >= 15 is 0 Å². The SMILES string of the molecule is COc1ccccc1-c1cccc(C(=O)N2C[C@H]3CN4C(=O)[C@H](NC(=O)OC(C)(C)C)CCCCC/C=C\[C@H]5C[C@@]5(C(=O)O)NC(=O)[C@@H]4[C@H]3C2)c1. The summed E-state index contributed by atoms with van der Waals surface area (Å²) in [5.41, 5.74) is -0.0737. The fourth-order valence-electron chi connectivity index (χ4n) is 7.87. The monoisotopic (exact) mass is 700 g/mol. The van der Waals surface area contributed by atoms with Crippen LogP contribution < -0.4 is 15.4 Å². The number of hydrogen-bond acceptors (Lipinski definition) is 7. The minimum absolute atomic E-state index is 0.183. The number of fused-ring (bicyclic) bond motifs is 4. The van der Waals surface area contributed by atoms with Crippen LogP contribution in [0.4, 0.5) is 4.79 Å². The molecule has 4 aliphatic rings. The number of nitrogens with zero attached hydrogens (tertiary/aromatic N) is 2. The second kappa shape index (κ2) is 14.4. The Morgan fingerprint density at radius 1 is 1.00 bits per heavy atom. The molecule has 3 heterocycles. The first-order chi connectivity index (χ1) is 24.3. The maximum Gasteiger partial charge on any atom is 0.408 e. The number of likely N-dealkylation sites (tertiary alicyclic amines) is 1. The first kappa shape index (κ1) is 35.9. The topological polar surface area (TPSA) is 155 Å². The largest absolute Gasteiger partial charge is 0.496 e. The number of rotatable bonds is 5. The number of carboxylic acid groups (broad SMARTS) is 1. The Morgan fingerprint density at radius 2 is 1.78 bits per heavy atom. The minimum atomic E-state index is -1.46. The molecule has 3 fully saturated rings. The molecule has 6 rings (SSSR count). The summed E-state index contributed by atoms with van der Waals surface area (Å²) in [5, 5.41) is 15.8. The molecule has 1 saturated carbocycles. The van der Waals surface area contributed by atoms with Gasteiger partial charge in [0.1, 0.15) is 29.0 Å².